The largest absolute Gasteiger partial charge is 0.325 e. The summed E-state index contributed by atoms with van der Waals surface area (Å²) in [6.07, 6.45) is 0.980. The fraction of sp³-hybridized carbons (Fsp3) is 0.192. The standard InChI is InChI=1S/C26H26N4OS/c1-4-20-12-14-22(15-13-20)30-25(21-8-6-5-7-9-21)28-29-26(30)32-17-24(31)27-23-16-18(2)10-11-19(23)3/h5-16H,4,17H2,1-3H3,(H,27,31). The lowest BCUT2D eigenvalue weighted by molar-refractivity contribution is -0.113. The summed E-state index contributed by atoms with van der Waals surface area (Å²) in [7, 11) is 0. The van der Waals surface area contributed by atoms with Gasteiger partial charge in [0.2, 0.25) is 5.91 Å². The van der Waals surface area contributed by atoms with Crippen molar-refractivity contribution >= 4 is 23.4 Å². The summed E-state index contributed by atoms with van der Waals surface area (Å²) in [6.45, 7) is 6.14. The number of nitrogens with one attached hydrogen (secondary N) is 1. The lowest BCUT2D eigenvalue weighted by atomic mass is 10.1. The summed E-state index contributed by atoms with van der Waals surface area (Å²) >= 11 is 1.38. The molecule has 0 atom stereocenters. The quantitative estimate of drug-likeness (QED) is 0.365. The first-order valence-electron chi connectivity index (χ1n) is 10.6. The predicted molar refractivity (Wildman–Crippen MR) is 131 cm³/mol. The fourth-order valence-corrected chi connectivity index (χ4v) is 4.19. The van der Waals surface area contributed by atoms with E-state index in [1.807, 2.05) is 66.9 Å². The molecule has 0 aliphatic heterocycles. The Morgan fingerprint density at radius 1 is 0.969 bits per heavy atom. The van der Waals surface area contributed by atoms with Crippen molar-refractivity contribution < 1.29 is 4.79 Å². The molecule has 0 saturated carbocycles. The van der Waals surface area contributed by atoms with Gasteiger partial charge in [-0.15, -0.1) is 10.2 Å². The Labute approximate surface area is 192 Å². The highest BCUT2D eigenvalue weighted by Crippen LogP contribution is 2.28. The van der Waals surface area contributed by atoms with Crippen LogP contribution in [0.2, 0.25) is 0 Å². The maximum Gasteiger partial charge on any atom is 0.234 e. The van der Waals surface area contributed by atoms with E-state index in [1.54, 1.807) is 0 Å². The maximum absolute atomic E-state index is 12.7. The van der Waals surface area contributed by atoms with Crippen molar-refractivity contribution in [2.75, 3.05) is 11.1 Å². The van der Waals surface area contributed by atoms with Crippen molar-refractivity contribution in [3.8, 4) is 17.1 Å². The normalized spacial score (nSPS) is 10.8. The van der Waals surface area contributed by atoms with E-state index in [9.17, 15) is 4.79 Å². The Morgan fingerprint density at radius 2 is 1.72 bits per heavy atom. The number of nitrogens with zero attached hydrogens (tertiary/aromatic N) is 3. The zero-order valence-electron chi connectivity index (χ0n) is 18.5. The Morgan fingerprint density at radius 3 is 2.44 bits per heavy atom. The van der Waals surface area contributed by atoms with Crippen LogP contribution in [0.15, 0.2) is 78.0 Å². The van der Waals surface area contributed by atoms with Gasteiger partial charge < -0.3 is 5.32 Å². The van der Waals surface area contributed by atoms with Gasteiger partial charge in [-0.3, -0.25) is 9.36 Å². The number of anilines is 1. The van der Waals surface area contributed by atoms with Crippen molar-refractivity contribution in [2.45, 2.75) is 32.3 Å². The van der Waals surface area contributed by atoms with Gasteiger partial charge in [0.15, 0.2) is 11.0 Å². The van der Waals surface area contributed by atoms with Gasteiger partial charge in [0.1, 0.15) is 0 Å². The second kappa shape index (κ2) is 9.83. The number of amides is 1. The molecular weight excluding hydrogens is 416 g/mol. The number of rotatable bonds is 7. The molecule has 0 fully saturated rings. The van der Waals surface area contributed by atoms with Gasteiger partial charge in [-0.1, -0.05) is 73.3 Å². The van der Waals surface area contributed by atoms with Crippen LogP contribution in [-0.2, 0) is 11.2 Å². The van der Waals surface area contributed by atoms with E-state index in [-0.39, 0.29) is 11.7 Å². The predicted octanol–water partition coefficient (Wildman–Crippen LogP) is 5.84. The second-order valence-electron chi connectivity index (χ2n) is 7.68. The lowest BCUT2D eigenvalue weighted by Crippen LogP contribution is -2.15. The number of hydrogen-bond acceptors (Lipinski definition) is 4. The first-order valence-corrected chi connectivity index (χ1v) is 11.6. The number of aryl methyl sites for hydroxylation is 3. The average Bonchev–Trinajstić information content (AvgIpc) is 3.25. The molecule has 1 aromatic heterocycles. The molecule has 6 heteroatoms. The monoisotopic (exact) mass is 442 g/mol. The Kier molecular flexibility index (Phi) is 6.71. The van der Waals surface area contributed by atoms with E-state index in [0.29, 0.717) is 5.16 Å². The minimum absolute atomic E-state index is 0.0687. The van der Waals surface area contributed by atoms with Crippen molar-refractivity contribution in [1.29, 1.82) is 0 Å². The summed E-state index contributed by atoms with van der Waals surface area (Å²) in [5.41, 5.74) is 6.22. The van der Waals surface area contributed by atoms with Gasteiger partial charge in [0.05, 0.1) is 5.75 Å². The van der Waals surface area contributed by atoms with Crippen LogP contribution >= 0.6 is 11.8 Å². The molecule has 0 unspecified atom stereocenters. The highest BCUT2D eigenvalue weighted by Gasteiger charge is 2.17. The topological polar surface area (TPSA) is 59.8 Å². The Balaban J connectivity index is 1.60. The summed E-state index contributed by atoms with van der Waals surface area (Å²) in [5.74, 6) is 0.931. The number of benzene rings is 3. The first-order chi connectivity index (χ1) is 15.5. The summed E-state index contributed by atoms with van der Waals surface area (Å²) < 4.78 is 2.02. The van der Waals surface area contributed by atoms with E-state index in [4.69, 9.17) is 0 Å². The van der Waals surface area contributed by atoms with Crippen LogP contribution in [-0.4, -0.2) is 26.4 Å². The van der Waals surface area contributed by atoms with Crippen molar-refractivity contribution in [1.82, 2.24) is 14.8 Å². The van der Waals surface area contributed by atoms with Gasteiger partial charge in [-0.25, -0.2) is 0 Å². The zero-order valence-corrected chi connectivity index (χ0v) is 19.3. The molecular formula is C26H26N4OS. The average molecular weight is 443 g/mol. The molecule has 1 N–H and O–H groups in total. The molecule has 4 rings (SSSR count). The summed E-state index contributed by atoms with van der Waals surface area (Å²) in [6, 6.07) is 24.4. The smallest absolute Gasteiger partial charge is 0.234 e. The third-order valence-corrected chi connectivity index (χ3v) is 6.20. The number of thioether (sulfide) groups is 1. The first kappa shape index (κ1) is 21.8. The van der Waals surface area contributed by atoms with E-state index in [1.165, 1.54) is 17.3 Å². The Hall–Kier alpha value is -3.38. The van der Waals surface area contributed by atoms with Gasteiger partial charge in [-0.05, 0) is 55.2 Å². The van der Waals surface area contributed by atoms with E-state index in [0.717, 1.165) is 40.3 Å². The molecule has 1 heterocycles. The maximum atomic E-state index is 12.7. The third-order valence-electron chi connectivity index (χ3n) is 5.27. The molecule has 3 aromatic carbocycles. The highest BCUT2D eigenvalue weighted by atomic mass is 32.2. The van der Waals surface area contributed by atoms with E-state index in [2.05, 4.69) is 46.7 Å². The van der Waals surface area contributed by atoms with Crippen LogP contribution in [0.5, 0.6) is 0 Å². The van der Waals surface area contributed by atoms with E-state index < -0.39 is 0 Å². The van der Waals surface area contributed by atoms with Crippen LogP contribution in [0.1, 0.15) is 23.6 Å². The molecule has 0 radical (unpaired) electrons. The van der Waals surface area contributed by atoms with Crippen molar-refractivity contribution in [3.63, 3.8) is 0 Å². The molecule has 0 bridgehead atoms. The number of aromatic nitrogens is 3. The lowest BCUT2D eigenvalue weighted by Gasteiger charge is -2.12. The molecule has 0 saturated heterocycles. The molecule has 162 valence electrons. The van der Waals surface area contributed by atoms with Gasteiger partial charge in [-0.2, -0.15) is 0 Å². The molecule has 5 nitrogen and oxygen atoms in total. The molecule has 1 amide bonds. The molecule has 0 aliphatic carbocycles. The second-order valence-corrected chi connectivity index (χ2v) is 8.63. The summed E-state index contributed by atoms with van der Waals surface area (Å²) in [4.78, 5) is 12.7. The fourth-order valence-electron chi connectivity index (χ4n) is 3.44. The number of carbonyl (C=O) groups is 1. The number of hydrogen-bond donors (Lipinski definition) is 1. The molecule has 32 heavy (non-hydrogen) atoms. The molecule has 4 aromatic rings. The van der Waals surface area contributed by atoms with Crippen molar-refractivity contribution in [2.24, 2.45) is 0 Å². The van der Waals surface area contributed by atoms with Gasteiger partial charge in [0, 0.05) is 16.9 Å². The van der Waals surface area contributed by atoms with Crippen LogP contribution in [0, 0.1) is 13.8 Å². The Bertz CT molecular complexity index is 1220. The van der Waals surface area contributed by atoms with Crippen LogP contribution in [0.3, 0.4) is 0 Å². The van der Waals surface area contributed by atoms with Crippen LogP contribution in [0.4, 0.5) is 5.69 Å². The zero-order chi connectivity index (χ0) is 22.5. The van der Waals surface area contributed by atoms with Gasteiger partial charge in [0.25, 0.3) is 0 Å². The SMILES string of the molecule is CCc1ccc(-n2c(SCC(=O)Nc3cc(C)ccc3C)nnc2-c2ccccc2)cc1. The minimum atomic E-state index is -0.0687. The summed E-state index contributed by atoms with van der Waals surface area (Å²) in [5, 5.41) is 12.6. The van der Waals surface area contributed by atoms with Crippen LogP contribution < -0.4 is 5.32 Å². The van der Waals surface area contributed by atoms with Crippen molar-refractivity contribution in [3.05, 3.63) is 89.5 Å². The van der Waals surface area contributed by atoms with Gasteiger partial charge >= 0.3 is 0 Å². The van der Waals surface area contributed by atoms with Crippen LogP contribution in [0.25, 0.3) is 17.1 Å². The highest BCUT2D eigenvalue weighted by molar-refractivity contribution is 7.99. The number of carbonyl (C=O) groups excluding carboxylic acids is 1. The molecule has 0 spiro atoms. The minimum Gasteiger partial charge on any atom is -0.325 e. The van der Waals surface area contributed by atoms with E-state index >= 15 is 0 Å². The third kappa shape index (κ3) is 4.92. The molecule has 0 aliphatic rings.